The molecule has 0 N–H and O–H groups in total. The SMILES string of the molecule is Cc1nn(C)c2nc(C3CC3)cc(C(=O)N(C)CCCOc3cccc(S(C)(=O)=O)c3)c12. The summed E-state index contributed by atoms with van der Waals surface area (Å²) in [4.78, 5) is 20.0. The number of aryl methyl sites for hydroxylation is 2. The molecule has 32 heavy (non-hydrogen) atoms. The Balaban J connectivity index is 1.43. The summed E-state index contributed by atoms with van der Waals surface area (Å²) in [5.74, 6) is 0.870. The minimum Gasteiger partial charge on any atom is -0.493 e. The van der Waals surface area contributed by atoms with Gasteiger partial charge in [0.05, 0.1) is 28.1 Å². The third-order valence-electron chi connectivity index (χ3n) is 5.70. The van der Waals surface area contributed by atoms with Crippen molar-refractivity contribution in [3.05, 3.63) is 47.3 Å². The Bertz CT molecular complexity index is 1280. The number of rotatable bonds is 8. The molecule has 2 heterocycles. The Morgan fingerprint density at radius 1 is 1.28 bits per heavy atom. The highest BCUT2D eigenvalue weighted by Gasteiger charge is 2.29. The molecule has 0 spiro atoms. The summed E-state index contributed by atoms with van der Waals surface area (Å²) in [6.45, 7) is 2.78. The first-order valence-corrected chi connectivity index (χ1v) is 12.6. The van der Waals surface area contributed by atoms with Gasteiger partial charge in [0.2, 0.25) is 0 Å². The summed E-state index contributed by atoms with van der Waals surface area (Å²) in [5.41, 5.74) is 3.15. The zero-order chi connectivity index (χ0) is 23.0. The first-order valence-electron chi connectivity index (χ1n) is 10.7. The molecule has 8 nitrogen and oxygen atoms in total. The fraction of sp³-hybridized carbons (Fsp3) is 0.435. The molecule has 1 amide bonds. The molecular formula is C23H28N4O4S. The van der Waals surface area contributed by atoms with Crippen LogP contribution in [0, 0.1) is 6.92 Å². The highest BCUT2D eigenvalue weighted by atomic mass is 32.2. The van der Waals surface area contributed by atoms with Gasteiger partial charge >= 0.3 is 0 Å². The number of amides is 1. The van der Waals surface area contributed by atoms with Crippen LogP contribution in [0.3, 0.4) is 0 Å². The van der Waals surface area contributed by atoms with Crippen LogP contribution in [0.15, 0.2) is 35.2 Å². The van der Waals surface area contributed by atoms with Crippen molar-refractivity contribution in [1.29, 1.82) is 0 Å². The molecule has 9 heteroatoms. The van der Waals surface area contributed by atoms with Crippen molar-refractivity contribution in [2.45, 2.75) is 37.0 Å². The van der Waals surface area contributed by atoms with Gasteiger partial charge in [-0.25, -0.2) is 13.4 Å². The molecule has 1 saturated carbocycles. The van der Waals surface area contributed by atoms with Gasteiger partial charge in [0.25, 0.3) is 5.91 Å². The third kappa shape index (κ3) is 4.62. The molecule has 0 atom stereocenters. The van der Waals surface area contributed by atoms with Crippen LogP contribution in [0.4, 0.5) is 0 Å². The topological polar surface area (TPSA) is 94.4 Å². The Labute approximate surface area is 188 Å². The van der Waals surface area contributed by atoms with Gasteiger partial charge < -0.3 is 9.64 Å². The van der Waals surface area contributed by atoms with Gasteiger partial charge in [-0.2, -0.15) is 5.10 Å². The summed E-state index contributed by atoms with van der Waals surface area (Å²) >= 11 is 0. The van der Waals surface area contributed by atoms with Crippen LogP contribution in [-0.2, 0) is 16.9 Å². The first-order chi connectivity index (χ1) is 15.1. The van der Waals surface area contributed by atoms with Gasteiger partial charge in [0, 0.05) is 38.5 Å². The number of aromatic nitrogens is 3. The highest BCUT2D eigenvalue weighted by molar-refractivity contribution is 7.90. The maximum atomic E-state index is 13.3. The summed E-state index contributed by atoms with van der Waals surface area (Å²) < 4.78 is 30.8. The Morgan fingerprint density at radius 2 is 2.03 bits per heavy atom. The van der Waals surface area contributed by atoms with Gasteiger partial charge in [0.15, 0.2) is 15.5 Å². The second-order valence-corrected chi connectivity index (χ2v) is 10.5. The Morgan fingerprint density at radius 3 is 2.72 bits per heavy atom. The minimum absolute atomic E-state index is 0.0607. The molecule has 0 unspecified atom stereocenters. The second kappa shape index (κ2) is 8.54. The Kier molecular flexibility index (Phi) is 5.94. The molecule has 1 aliphatic carbocycles. The van der Waals surface area contributed by atoms with Crippen LogP contribution in [0.5, 0.6) is 5.75 Å². The van der Waals surface area contributed by atoms with Crippen LogP contribution in [-0.4, -0.2) is 60.4 Å². The van der Waals surface area contributed by atoms with Crippen molar-refractivity contribution in [2.24, 2.45) is 7.05 Å². The van der Waals surface area contributed by atoms with E-state index in [0.29, 0.717) is 36.8 Å². The average Bonchev–Trinajstić information content (AvgIpc) is 3.56. The number of carbonyl (C=O) groups excluding carboxylic acids is 1. The number of fused-ring (bicyclic) bond motifs is 1. The van der Waals surface area contributed by atoms with E-state index in [2.05, 4.69) is 5.10 Å². The summed E-state index contributed by atoms with van der Waals surface area (Å²) in [6.07, 6.45) is 4.00. The monoisotopic (exact) mass is 456 g/mol. The van der Waals surface area contributed by atoms with Gasteiger partial charge in [-0.3, -0.25) is 9.48 Å². The largest absolute Gasteiger partial charge is 0.493 e. The van der Waals surface area contributed by atoms with Gasteiger partial charge in [0.1, 0.15) is 5.75 Å². The predicted octanol–water partition coefficient (Wildman–Crippen LogP) is 3.10. The van der Waals surface area contributed by atoms with Crippen LogP contribution in [0.2, 0.25) is 0 Å². The van der Waals surface area contributed by atoms with E-state index in [1.165, 1.54) is 12.3 Å². The van der Waals surface area contributed by atoms with E-state index in [4.69, 9.17) is 9.72 Å². The van der Waals surface area contributed by atoms with E-state index in [1.54, 1.807) is 34.8 Å². The number of benzene rings is 1. The smallest absolute Gasteiger partial charge is 0.254 e. The molecule has 1 fully saturated rings. The fourth-order valence-electron chi connectivity index (χ4n) is 3.81. The second-order valence-electron chi connectivity index (χ2n) is 8.45. The van der Waals surface area contributed by atoms with Crippen LogP contribution in [0.25, 0.3) is 11.0 Å². The van der Waals surface area contributed by atoms with E-state index in [1.807, 2.05) is 20.0 Å². The zero-order valence-corrected chi connectivity index (χ0v) is 19.6. The van der Waals surface area contributed by atoms with Gasteiger partial charge in [-0.05, 0) is 50.5 Å². The van der Waals surface area contributed by atoms with E-state index >= 15 is 0 Å². The molecule has 0 aliphatic heterocycles. The molecule has 3 aromatic rings. The predicted molar refractivity (Wildman–Crippen MR) is 122 cm³/mol. The van der Waals surface area contributed by atoms with E-state index in [0.717, 1.165) is 35.3 Å². The van der Waals surface area contributed by atoms with Crippen LogP contribution in [0.1, 0.15) is 46.9 Å². The summed E-state index contributed by atoms with van der Waals surface area (Å²) in [5, 5.41) is 5.28. The molecule has 0 radical (unpaired) electrons. The maximum absolute atomic E-state index is 13.3. The molecule has 0 saturated heterocycles. The average molecular weight is 457 g/mol. The number of pyridine rings is 1. The normalized spacial score (nSPS) is 14.0. The number of nitrogens with zero attached hydrogens (tertiary/aromatic N) is 4. The minimum atomic E-state index is -3.28. The van der Waals surface area contributed by atoms with Crippen molar-refractivity contribution in [3.8, 4) is 5.75 Å². The summed E-state index contributed by atoms with van der Waals surface area (Å²) in [6, 6.07) is 8.37. The van der Waals surface area contributed by atoms with Crippen molar-refractivity contribution in [3.63, 3.8) is 0 Å². The quantitative estimate of drug-likeness (QED) is 0.484. The molecule has 2 aromatic heterocycles. The molecule has 1 aromatic carbocycles. The fourth-order valence-corrected chi connectivity index (χ4v) is 4.47. The van der Waals surface area contributed by atoms with Crippen molar-refractivity contribution in [1.82, 2.24) is 19.7 Å². The lowest BCUT2D eigenvalue weighted by atomic mass is 10.1. The van der Waals surface area contributed by atoms with Gasteiger partial charge in [-0.1, -0.05) is 6.07 Å². The van der Waals surface area contributed by atoms with Crippen LogP contribution < -0.4 is 4.74 Å². The maximum Gasteiger partial charge on any atom is 0.254 e. The van der Waals surface area contributed by atoms with E-state index < -0.39 is 9.84 Å². The number of ether oxygens (including phenoxy) is 1. The zero-order valence-electron chi connectivity index (χ0n) is 18.8. The van der Waals surface area contributed by atoms with Crippen molar-refractivity contribution in [2.75, 3.05) is 26.5 Å². The highest BCUT2D eigenvalue weighted by Crippen LogP contribution is 2.40. The molecule has 170 valence electrons. The van der Waals surface area contributed by atoms with Gasteiger partial charge in [-0.15, -0.1) is 0 Å². The lowest BCUT2D eigenvalue weighted by molar-refractivity contribution is 0.0789. The van der Waals surface area contributed by atoms with E-state index in [-0.39, 0.29) is 10.8 Å². The Hall–Kier alpha value is -2.94. The summed E-state index contributed by atoms with van der Waals surface area (Å²) in [7, 11) is 0.352. The number of sulfone groups is 1. The van der Waals surface area contributed by atoms with Crippen LogP contribution >= 0.6 is 0 Å². The van der Waals surface area contributed by atoms with Crippen molar-refractivity contribution < 1.29 is 17.9 Å². The number of hydrogen-bond donors (Lipinski definition) is 0. The standard InChI is InChI=1S/C23H28N4O4S/c1-15-21-19(14-20(16-9-10-16)24-22(21)27(3)25-15)23(28)26(2)11-6-12-31-17-7-5-8-18(13-17)32(4,29)30/h5,7-8,13-14,16H,6,9-12H2,1-4H3. The number of carbonyl (C=O) groups is 1. The lowest BCUT2D eigenvalue weighted by Crippen LogP contribution is -2.29. The molecule has 0 bridgehead atoms. The molecule has 4 rings (SSSR count). The lowest BCUT2D eigenvalue weighted by Gasteiger charge is -2.18. The number of hydrogen-bond acceptors (Lipinski definition) is 6. The first kappa shape index (κ1) is 22.3. The molecule has 1 aliphatic rings. The van der Waals surface area contributed by atoms with E-state index in [9.17, 15) is 13.2 Å². The third-order valence-corrected chi connectivity index (χ3v) is 6.81. The molecular weight excluding hydrogens is 428 g/mol. The van der Waals surface area contributed by atoms with Crippen molar-refractivity contribution >= 4 is 26.8 Å².